The number of aromatic nitrogens is 3. The van der Waals surface area contributed by atoms with Gasteiger partial charge < -0.3 is 19.7 Å². The van der Waals surface area contributed by atoms with Crippen LogP contribution in [0.3, 0.4) is 0 Å². The van der Waals surface area contributed by atoms with E-state index in [1.807, 2.05) is 25.6 Å². The molecular weight excluding hydrogens is 376 g/mol. The van der Waals surface area contributed by atoms with Crippen molar-refractivity contribution in [3.63, 3.8) is 0 Å². The Labute approximate surface area is 171 Å². The van der Waals surface area contributed by atoms with E-state index in [4.69, 9.17) is 9.47 Å². The van der Waals surface area contributed by atoms with Crippen LogP contribution in [0.25, 0.3) is 0 Å². The first-order valence-electron chi connectivity index (χ1n) is 9.31. The number of nitrogens with one attached hydrogen (secondary N) is 1. The van der Waals surface area contributed by atoms with Gasteiger partial charge in [-0.15, -0.1) is 11.3 Å². The fourth-order valence-electron chi connectivity index (χ4n) is 2.94. The highest BCUT2D eigenvalue weighted by molar-refractivity contribution is 7.09. The van der Waals surface area contributed by atoms with Gasteiger partial charge in [-0.25, -0.2) is 4.98 Å². The quantitative estimate of drug-likeness (QED) is 0.507. The van der Waals surface area contributed by atoms with Crippen molar-refractivity contribution in [2.75, 3.05) is 34.9 Å². The molecule has 0 aliphatic carbocycles. The van der Waals surface area contributed by atoms with Crippen LogP contribution in [0.5, 0.6) is 0 Å². The number of nitrogens with zero attached hydrogens (tertiary/aromatic N) is 5. The minimum absolute atomic E-state index is 0.0158. The second-order valence-electron chi connectivity index (χ2n) is 6.68. The third kappa shape index (κ3) is 5.52. The molecule has 0 aromatic carbocycles. The van der Waals surface area contributed by atoms with E-state index in [2.05, 4.69) is 37.6 Å². The van der Waals surface area contributed by atoms with E-state index in [1.165, 1.54) is 5.56 Å². The first-order valence-corrected chi connectivity index (χ1v) is 10.2. The van der Waals surface area contributed by atoms with Gasteiger partial charge in [-0.2, -0.15) is 5.10 Å². The molecular formula is C19H32N6O2S. The number of hydrogen-bond acceptors (Lipinski definition) is 6. The molecule has 1 atom stereocenters. The minimum Gasteiger partial charge on any atom is -0.383 e. The average Bonchev–Trinajstić information content (AvgIpc) is 3.25. The van der Waals surface area contributed by atoms with Crippen molar-refractivity contribution in [2.24, 2.45) is 4.99 Å². The van der Waals surface area contributed by atoms with Gasteiger partial charge in [0, 0.05) is 51.5 Å². The van der Waals surface area contributed by atoms with Crippen molar-refractivity contribution < 1.29 is 9.47 Å². The Morgan fingerprint density at radius 3 is 2.79 bits per heavy atom. The highest BCUT2D eigenvalue weighted by Gasteiger charge is 2.15. The molecule has 0 fully saturated rings. The van der Waals surface area contributed by atoms with Crippen LogP contribution in [0.2, 0.25) is 0 Å². The van der Waals surface area contributed by atoms with Crippen molar-refractivity contribution in [1.29, 1.82) is 0 Å². The van der Waals surface area contributed by atoms with Crippen LogP contribution in [-0.4, -0.2) is 60.5 Å². The SMILES string of the molecule is CN=C(NCc1c(C)nn(CCOC)c1C)N(C)Cc1csc(C(C)OC)n1. The van der Waals surface area contributed by atoms with E-state index in [9.17, 15) is 0 Å². The molecule has 2 aromatic rings. The maximum atomic E-state index is 5.34. The second kappa shape index (κ2) is 10.5. The molecule has 8 nitrogen and oxygen atoms in total. The maximum absolute atomic E-state index is 5.34. The van der Waals surface area contributed by atoms with E-state index in [-0.39, 0.29) is 6.10 Å². The van der Waals surface area contributed by atoms with Gasteiger partial charge in [0.15, 0.2) is 5.96 Å². The molecule has 9 heteroatoms. The summed E-state index contributed by atoms with van der Waals surface area (Å²) in [5.41, 5.74) is 4.37. The molecule has 156 valence electrons. The van der Waals surface area contributed by atoms with Crippen molar-refractivity contribution in [3.05, 3.63) is 33.0 Å². The number of aliphatic imine (C=N–C) groups is 1. The molecule has 1 unspecified atom stereocenters. The molecule has 2 aromatic heterocycles. The number of guanidine groups is 1. The van der Waals surface area contributed by atoms with Crippen molar-refractivity contribution in [2.45, 2.75) is 46.5 Å². The first kappa shape index (κ1) is 22.3. The monoisotopic (exact) mass is 408 g/mol. The summed E-state index contributed by atoms with van der Waals surface area (Å²) in [7, 11) is 7.20. The predicted molar refractivity (Wildman–Crippen MR) is 113 cm³/mol. The normalized spacial score (nSPS) is 13.0. The molecule has 28 heavy (non-hydrogen) atoms. The Morgan fingerprint density at radius 2 is 2.14 bits per heavy atom. The van der Waals surface area contributed by atoms with E-state index in [0.29, 0.717) is 19.7 Å². The molecule has 0 radical (unpaired) electrons. The lowest BCUT2D eigenvalue weighted by molar-refractivity contribution is 0.119. The molecule has 0 aliphatic rings. The Kier molecular flexibility index (Phi) is 8.40. The molecule has 2 heterocycles. The van der Waals surface area contributed by atoms with Crippen LogP contribution in [0, 0.1) is 13.8 Å². The summed E-state index contributed by atoms with van der Waals surface area (Å²) >= 11 is 1.62. The van der Waals surface area contributed by atoms with Crippen molar-refractivity contribution in [3.8, 4) is 0 Å². The Bertz CT molecular complexity index is 785. The fraction of sp³-hybridized carbons (Fsp3) is 0.632. The number of rotatable bonds is 9. The summed E-state index contributed by atoms with van der Waals surface area (Å²) in [5, 5.41) is 11.1. The number of methoxy groups -OCH3 is 2. The van der Waals surface area contributed by atoms with Crippen LogP contribution in [0.4, 0.5) is 0 Å². The molecule has 0 saturated carbocycles. The standard InChI is InChI=1S/C19H32N6O2S/c1-13-17(14(2)25(23-13)8-9-26-6)10-21-19(20-4)24(5)11-16-12-28-18(22-16)15(3)27-7/h12,15H,8-11H2,1-7H3,(H,20,21). The van der Waals surface area contributed by atoms with Crippen LogP contribution in [0.15, 0.2) is 10.4 Å². The van der Waals surface area contributed by atoms with Gasteiger partial charge in [0.05, 0.1) is 31.1 Å². The van der Waals surface area contributed by atoms with Crippen LogP contribution >= 0.6 is 11.3 Å². The van der Waals surface area contributed by atoms with E-state index in [1.54, 1.807) is 32.6 Å². The van der Waals surface area contributed by atoms with E-state index >= 15 is 0 Å². The van der Waals surface area contributed by atoms with Crippen LogP contribution in [-0.2, 0) is 29.1 Å². The van der Waals surface area contributed by atoms with Crippen LogP contribution < -0.4 is 5.32 Å². The number of hydrogen-bond donors (Lipinski definition) is 1. The van der Waals surface area contributed by atoms with E-state index in [0.717, 1.165) is 34.6 Å². The fourth-order valence-corrected chi connectivity index (χ4v) is 3.78. The second-order valence-corrected chi connectivity index (χ2v) is 7.57. The lowest BCUT2D eigenvalue weighted by Crippen LogP contribution is -2.38. The number of ether oxygens (including phenoxy) is 2. The summed E-state index contributed by atoms with van der Waals surface area (Å²) < 4.78 is 12.5. The molecule has 0 spiro atoms. The van der Waals surface area contributed by atoms with Gasteiger partial charge in [-0.1, -0.05) is 0 Å². The lowest BCUT2D eigenvalue weighted by Gasteiger charge is -2.21. The van der Waals surface area contributed by atoms with Gasteiger partial charge in [0.25, 0.3) is 0 Å². The third-order valence-corrected chi connectivity index (χ3v) is 5.76. The molecule has 1 N–H and O–H groups in total. The first-order chi connectivity index (χ1) is 13.4. The summed E-state index contributed by atoms with van der Waals surface area (Å²) in [5.74, 6) is 0.817. The van der Waals surface area contributed by atoms with Gasteiger partial charge in [-0.3, -0.25) is 9.67 Å². The van der Waals surface area contributed by atoms with Gasteiger partial charge in [0.2, 0.25) is 0 Å². The van der Waals surface area contributed by atoms with Gasteiger partial charge in [0.1, 0.15) is 11.1 Å². The van der Waals surface area contributed by atoms with Gasteiger partial charge >= 0.3 is 0 Å². The summed E-state index contributed by atoms with van der Waals surface area (Å²) in [4.78, 5) is 11.1. The molecule has 0 saturated heterocycles. The summed E-state index contributed by atoms with van der Waals surface area (Å²) in [6.45, 7) is 8.88. The number of aryl methyl sites for hydroxylation is 1. The lowest BCUT2D eigenvalue weighted by atomic mass is 10.2. The molecule has 2 rings (SSSR count). The summed E-state index contributed by atoms with van der Waals surface area (Å²) in [6.07, 6.45) is 0.0158. The van der Waals surface area contributed by atoms with E-state index < -0.39 is 0 Å². The average molecular weight is 409 g/mol. The van der Waals surface area contributed by atoms with Crippen LogP contribution in [0.1, 0.15) is 40.7 Å². The topological polar surface area (TPSA) is 76.8 Å². The smallest absolute Gasteiger partial charge is 0.194 e. The zero-order chi connectivity index (χ0) is 20.7. The maximum Gasteiger partial charge on any atom is 0.194 e. The summed E-state index contributed by atoms with van der Waals surface area (Å²) in [6, 6.07) is 0. The Hall–Kier alpha value is -1.97. The zero-order valence-electron chi connectivity index (χ0n) is 17.9. The van der Waals surface area contributed by atoms with Gasteiger partial charge in [-0.05, 0) is 20.8 Å². The third-order valence-electron chi connectivity index (χ3n) is 4.71. The number of thiazole rings is 1. The highest BCUT2D eigenvalue weighted by atomic mass is 32.1. The predicted octanol–water partition coefficient (Wildman–Crippen LogP) is 2.52. The Balaban J connectivity index is 1.99. The van der Waals surface area contributed by atoms with Crippen molar-refractivity contribution in [1.82, 2.24) is 25.0 Å². The molecule has 0 aliphatic heterocycles. The zero-order valence-corrected chi connectivity index (χ0v) is 18.8. The molecule has 0 bridgehead atoms. The minimum atomic E-state index is 0.0158. The van der Waals surface area contributed by atoms with Crippen molar-refractivity contribution >= 4 is 17.3 Å². The Morgan fingerprint density at radius 1 is 1.39 bits per heavy atom. The highest BCUT2D eigenvalue weighted by Crippen LogP contribution is 2.21. The largest absolute Gasteiger partial charge is 0.383 e. The molecule has 0 amide bonds.